The zero-order valence-corrected chi connectivity index (χ0v) is 23.6. The Labute approximate surface area is 243 Å². The molecule has 5 fully saturated rings. The van der Waals surface area contributed by atoms with Gasteiger partial charge in [0.1, 0.15) is 29.5 Å². The molecule has 1 aliphatic carbocycles. The Hall–Kier alpha value is -3.43. The predicted molar refractivity (Wildman–Crippen MR) is 158 cm³/mol. The van der Waals surface area contributed by atoms with E-state index in [1.165, 1.54) is 6.07 Å². The molecule has 42 heavy (non-hydrogen) atoms. The highest BCUT2D eigenvalue weighted by Gasteiger charge is 2.45. The van der Waals surface area contributed by atoms with Gasteiger partial charge in [0.25, 0.3) is 0 Å². The van der Waals surface area contributed by atoms with E-state index >= 15 is 8.78 Å². The standard InChI is InChI=1S/C33H35F2N5O2/c34-26-8-2-6-21-5-1-7-24(27(21)26)29-28(35)30-25(17-36-29)31(40-18-20-9-10-22(40)16-23(41)15-20)38-32(37-30)42-19-33-11-3-13-39(33)14-4-12-33/h1-2,5-8,17,20,22-23,41H,3-4,9-16,18-19H2. The Morgan fingerprint density at radius 1 is 1.00 bits per heavy atom. The lowest BCUT2D eigenvalue weighted by atomic mass is 9.94. The minimum atomic E-state index is -0.613. The van der Waals surface area contributed by atoms with Crippen molar-refractivity contribution in [3.63, 3.8) is 0 Å². The van der Waals surface area contributed by atoms with Crippen molar-refractivity contribution in [2.24, 2.45) is 5.92 Å². The molecule has 2 aromatic heterocycles. The normalized spacial score (nSPS) is 25.3. The van der Waals surface area contributed by atoms with E-state index in [1.807, 2.05) is 12.1 Å². The van der Waals surface area contributed by atoms with E-state index in [1.54, 1.807) is 24.4 Å². The summed E-state index contributed by atoms with van der Waals surface area (Å²) in [6, 6.07) is 10.4. The molecule has 2 aromatic carbocycles. The molecule has 4 aromatic rings. The van der Waals surface area contributed by atoms with E-state index < -0.39 is 11.6 Å². The summed E-state index contributed by atoms with van der Waals surface area (Å²) in [5.41, 5.74) is 0.558. The van der Waals surface area contributed by atoms with E-state index in [9.17, 15) is 5.11 Å². The summed E-state index contributed by atoms with van der Waals surface area (Å²) in [5.74, 6) is -0.0903. The van der Waals surface area contributed by atoms with Crippen molar-refractivity contribution in [1.29, 1.82) is 0 Å². The highest BCUT2D eigenvalue weighted by atomic mass is 19.1. The third kappa shape index (κ3) is 4.23. The van der Waals surface area contributed by atoms with Gasteiger partial charge in [-0.3, -0.25) is 9.88 Å². The second-order valence-corrected chi connectivity index (χ2v) is 12.7. The van der Waals surface area contributed by atoms with Gasteiger partial charge in [-0.05, 0) is 81.8 Å². The summed E-state index contributed by atoms with van der Waals surface area (Å²) < 4.78 is 38.0. The van der Waals surface area contributed by atoms with Crippen LogP contribution in [0.15, 0.2) is 42.6 Å². The van der Waals surface area contributed by atoms with Crippen LogP contribution in [0.4, 0.5) is 14.6 Å². The van der Waals surface area contributed by atoms with E-state index in [2.05, 4.69) is 19.8 Å². The number of rotatable bonds is 5. The SMILES string of the molecule is OC1CC2CCC(C1)N(c1nc(OCC34CCCN3CCC4)nc3c(F)c(-c4cccc5cccc(F)c45)ncc13)C2. The lowest BCUT2D eigenvalue weighted by Crippen LogP contribution is -2.44. The average molecular weight is 572 g/mol. The second kappa shape index (κ2) is 10.1. The van der Waals surface area contributed by atoms with Crippen molar-refractivity contribution in [3.8, 4) is 17.3 Å². The summed E-state index contributed by atoms with van der Waals surface area (Å²) in [6.07, 6.45) is 9.16. The third-order valence-electron chi connectivity index (χ3n) is 10.3. The topological polar surface area (TPSA) is 74.6 Å². The van der Waals surface area contributed by atoms with E-state index in [0.29, 0.717) is 46.5 Å². The maximum atomic E-state index is 16.6. The third-order valence-corrected chi connectivity index (χ3v) is 10.3. The Kier molecular flexibility index (Phi) is 6.30. The molecule has 9 heteroatoms. The summed E-state index contributed by atoms with van der Waals surface area (Å²) in [7, 11) is 0. The monoisotopic (exact) mass is 571 g/mol. The first kappa shape index (κ1) is 26.2. The number of aliphatic hydroxyl groups is 1. The average Bonchev–Trinajstić information content (AvgIpc) is 3.47. The van der Waals surface area contributed by atoms with Gasteiger partial charge in [-0.15, -0.1) is 0 Å². The number of piperidine rings is 1. The molecule has 4 saturated heterocycles. The van der Waals surface area contributed by atoms with Crippen LogP contribution in [-0.4, -0.2) is 68.9 Å². The molecule has 7 nitrogen and oxygen atoms in total. The number of fused-ring (bicyclic) bond motifs is 7. The quantitative estimate of drug-likeness (QED) is 0.321. The van der Waals surface area contributed by atoms with Crippen LogP contribution in [0, 0.1) is 17.6 Å². The largest absolute Gasteiger partial charge is 0.461 e. The number of halogens is 2. The highest BCUT2D eigenvalue weighted by Crippen LogP contribution is 2.42. The minimum absolute atomic E-state index is 0.00725. The molecule has 9 rings (SSSR count). The lowest BCUT2D eigenvalue weighted by molar-refractivity contribution is 0.108. The molecule has 3 unspecified atom stereocenters. The molecule has 0 amide bonds. The van der Waals surface area contributed by atoms with Crippen molar-refractivity contribution in [1.82, 2.24) is 19.9 Å². The Bertz CT molecular complexity index is 1670. The van der Waals surface area contributed by atoms with Crippen LogP contribution in [0.1, 0.15) is 51.4 Å². The number of aliphatic hydroxyl groups excluding tert-OH is 1. The van der Waals surface area contributed by atoms with Gasteiger partial charge in [-0.25, -0.2) is 8.78 Å². The van der Waals surface area contributed by atoms with Gasteiger partial charge in [0, 0.05) is 29.7 Å². The van der Waals surface area contributed by atoms with Crippen LogP contribution in [0.3, 0.4) is 0 Å². The number of ether oxygens (including phenoxy) is 1. The summed E-state index contributed by atoms with van der Waals surface area (Å²) in [4.78, 5) is 18.9. The predicted octanol–water partition coefficient (Wildman–Crippen LogP) is 5.87. The molecule has 4 aliphatic heterocycles. The van der Waals surface area contributed by atoms with E-state index in [4.69, 9.17) is 9.72 Å². The molecule has 0 radical (unpaired) electrons. The van der Waals surface area contributed by atoms with Crippen molar-refractivity contribution < 1.29 is 18.6 Å². The zero-order valence-electron chi connectivity index (χ0n) is 23.6. The minimum Gasteiger partial charge on any atom is -0.461 e. The molecule has 1 saturated carbocycles. The molecule has 3 atom stereocenters. The molecular weight excluding hydrogens is 536 g/mol. The van der Waals surface area contributed by atoms with Crippen LogP contribution in [0.5, 0.6) is 6.01 Å². The van der Waals surface area contributed by atoms with E-state index in [-0.39, 0.29) is 34.9 Å². The fraction of sp³-hybridized carbons (Fsp3) is 0.485. The first-order chi connectivity index (χ1) is 20.5. The zero-order chi connectivity index (χ0) is 28.4. The maximum Gasteiger partial charge on any atom is 0.319 e. The summed E-state index contributed by atoms with van der Waals surface area (Å²) >= 11 is 0. The van der Waals surface area contributed by atoms with Gasteiger partial charge in [-0.1, -0.05) is 30.3 Å². The van der Waals surface area contributed by atoms with Gasteiger partial charge < -0.3 is 14.7 Å². The molecule has 1 N–H and O–H groups in total. The van der Waals surface area contributed by atoms with Crippen LogP contribution in [0.25, 0.3) is 32.9 Å². The molecule has 218 valence electrons. The summed E-state index contributed by atoms with van der Waals surface area (Å²) in [6.45, 7) is 3.37. The highest BCUT2D eigenvalue weighted by molar-refractivity contribution is 5.99. The number of hydrogen-bond donors (Lipinski definition) is 1. The lowest BCUT2D eigenvalue weighted by Gasteiger charge is -2.38. The van der Waals surface area contributed by atoms with E-state index in [0.717, 1.165) is 64.6 Å². The molecule has 5 aliphatic rings. The van der Waals surface area contributed by atoms with Crippen LogP contribution >= 0.6 is 0 Å². The van der Waals surface area contributed by atoms with Gasteiger partial charge >= 0.3 is 6.01 Å². The van der Waals surface area contributed by atoms with Gasteiger partial charge in [0.2, 0.25) is 0 Å². The Morgan fingerprint density at radius 2 is 1.81 bits per heavy atom. The number of hydrogen-bond acceptors (Lipinski definition) is 7. The van der Waals surface area contributed by atoms with Gasteiger partial charge in [-0.2, -0.15) is 9.97 Å². The first-order valence-corrected chi connectivity index (χ1v) is 15.4. The second-order valence-electron chi connectivity index (χ2n) is 12.7. The maximum absolute atomic E-state index is 16.6. The number of benzene rings is 2. The van der Waals surface area contributed by atoms with Crippen molar-refractivity contribution in [2.75, 3.05) is 31.1 Å². The van der Waals surface area contributed by atoms with Crippen LogP contribution < -0.4 is 9.64 Å². The van der Waals surface area contributed by atoms with Crippen LogP contribution in [0.2, 0.25) is 0 Å². The molecule has 2 bridgehead atoms. The number of pyridine rings is 1. The number of anilines is 1. The number of aromatic nitrogens is 3. The number of nitrogens with zero attached hydrogens (tertiary/aromatic N) is 5. The fourth-order valence-electron chi connectivity index (χ4n) is 8.24. The van der Waals surface area contributed by atoms with Crippen molar-refractivity contribution in [3.05, 3.63) is 54.2 Å². The van der Waals surface area contributed by atoms with Crippen molar-refractivity contribution >= 4 is 27.5 Å². The van der Waals surface area contributed by atoms with Crippen LogP contribution in [-0.2, 0) is 0 Å². The molecule has 6 heterocycles. The molecular formula is C33H35F2N5O2. The molecule has 0 spiro atoms. The van der Waals surface area contributed by atoms with Crippen molar-refractivity contribution in [2.45, 2.75) is 69.1 Å². The first-order valence-electron chi connectivity index (χ1n) is 15.4. The Morgan fingerprint density at radius 3 is 2.64 bits per heavy atom. The smallest absolute Gasteiger partial charge is 0.319 e. The Balaban J connectivity index is 1.27. The van der Waals surface area contributed by atoms with Gasteiger partial charge in [0.15, 0.2) is 5.82 Å². The van der Waals surface area contributed by atoms with Gasteiger partial charge in [0.05, 0.1) is 17.0 Å². The fourth-order valence-corrected chi connectivity index (χ4v) is 8.24. The summed E-state index contributed by atoms with van der Waals surface area (Å²) in [5, 5.41) is 12.1.